The van der Waals surface area contributed by atoms with Gasteiger partial charge in [-0.3, -0.25) is 4.79 Å². The number of ether oxygens (including phenoxy) is 2. The zero-order valence-electron chi connectivity index (χ0n) is 13.6. The van der Waals surface area contributed by atoms with E-state index in [1.165, 1.54) is 0 Å². The minimum absolute atomic E-state index is 0.128. The Hall–Kier alpha value is -2.58. The summed E-state index contributed by atoms with van der Waals surface area (Å²) >= 11 is 0. The van der Waals surface area contributed by atoms with Gasteiger partial charge in [-0.2, -0.15) is 0 Å². The van der Waals surface area contributed by atoms with Crippen molar-refractivity contribution in [3.05, 3.63) is 53.6 Å². The minimum Gasteiger partial charge on any atom is -0.454 e. The van der Waals surface area contributed by atoms with E-state index in [-0.39, 0.29) is 19.1 Å². The van der Waals surface area contributed by atoms with Crippen LogP contribution in [0.2, 0.25) is 0 Å². The van der Waals surface area contributed by atoms with E-state index in [1.807, 2.05) is 19.1 Å². The Labute approximate surface area is 146 Å². The predicted molar refractivity (Wildman–Crippen MR) is 93.0 cm³/mol. The molecule has 0 unspecified atom stereocenters. The largest absolute Gasteiger partial charge is 0.454 e. The van der Waals surface area contributed by atoms with Gasteiger partial charge < -0.3 is 14.8 Å². The molecule has 2 aromatic carbocycles. The van der Waals surface area contributed by atoms with Crippen molar-refractivity contribution in [3.8, 4) is 11.5 Å². The molecule has 0 saturated heterocycles. The van der Waals surface area contributed by atoms with Gasteiger partial charge in [0, 0.05) is 5.69 Å². The van der Waals surface area contributed by atoms with E-state index in [4.69, 9.17) is 9.47 Å². The van der Waals surface area contributed by atoms with E-state index in [0.717, 1.165) is 5.56 Å². The standard InChI is InChI=1S/C17H18N2O5S/c1-12-2-5-14(6-3-12)19-17(20)9-18-25(21,22)10-13-4-7-15-16(8-13)24-11-23-15/h2-8,18H,9-11H2,1H3,(H,19,20). The van der Waals surface area contributed by atoms with Crippen LogP contribution >= 0.6 is 0 Å². The zero-order chi connectivity index (χ0) is 17.9. The lowest BCUT2D eigenvalue weighted by Crippen LogP contribution is -2.33. The van der Waals surface area contributed by atoms with E-state index in [1.54, 1.807) is 30.3 Å². The molecule has 132 valence electrons. The van der Waals surface area contributed by atoms with Gasteiger partial charge in [0.1, 0.15) is 0 Å². The molecule has 1 aliphatic heterocycles. The first-order chi connectivity index (χ1) is 11.9. The van der Waals surface area contributed by atoms with Gasteiger partial charge in [0.25, 0.3) is 0 Å². The summed E-state index contributed by atoms with van der Waals surface area (Å²) in [6, 6.07) is 12.2. The van der Waals surface area contributed by atoms with Crippen LogP contribution in [-0.2, 0) is 20.6 Å². The zero-order valence-corrected chi connectivity index (χ0v) is 14.4. The maximum absolute atomic E-state index is 12.1. The second-order valence-electron chi connectivity index (χ2n) is 5.68. The van der Waals surface area contributed by atoms with E-state index in [2.05, 4.69) is 10.0 Å². The molecule has 1 aliphatic rings. The van der Waals surface area contributed by atoms with Crippen molar-refractivity contribution >= 4 is 21.6 Å². The molecular formula is C17H18N2O5S. The first-order valence-electron chi connectivity index (χ1n) is 7.64. The first-order valence-corrected chi connectivity index (χ1v) is 9.29. The summed E-state index contributed by atoms with van der Waals surface area (Å²) in [7, 11) is -3.65. The van der Waals surface area contributed by atoms with Crippen molar-refractivity contribution < 1.29 is 22.7 Å². The molecule has 0 spiro atoms. The first kappa shape index (κ1) is 17.2. The molecule has 0 aliphatic carbocycles. The van der Waals surface area contributed by atoms with Crippen LogP contribution in [0, 0.1) is 6.92 Å². The molecule has 0 fully saturated rings. The van der Waals surface area contributed by atoms with Gasteiger partial charge in [-0.05, 0) is 36.8 Å². The summed E-state index contributed by atoms with van der Waals surface area (Å²) in [5.41, 5.74) is 2.24. The van der Waals surface area contributed by atoms with Crippen LogP contribution < -0.4 is 19.5 Å². The number of benzene rings is 2. The molecule has 1 amide bonds. The second-order valence-corrected chi connectivity index (χ2v) is 7.49. The maximum Gasteiger partial charge on any atom is 0.239 e. The quantitative estimate of drug-likeness (QED) is 0.817. The lowest BCUT2D eigenvalue weighted by atomic mass is 10.2. The van der Waals surface area contributed by atoms with Gasteiger partial charge in [0.05, 0.1) is 12.3 Å². The maximum atomic E-state index is 12.1. The van der Waals surface area contributed by atoms with Gasteiger partial charge in [0.2, 0.25) is 22.7 Å². The fourth-order valence-electron chi connectivity index (χ4n) is 2.32. The number of anilines is 1. The molecule has 2 aromatic rings. The van der Waals surface area contributed by atoms with Crippen LogP contribution in [0.25, 0.3) is 0 Å². The van der Waals surface area contributed by atoms with E-state index < -0.39 is 15.9 Å². The number of carbonyl (C=O) groups is 1. The average Bonchev–Trinajstić information content (AvgIpc) is 3.03. The number of hydrogen-bond donors (Lipinski definition) is 2. The fraction of sp³-hybridized carbons (Fsp3) is 0.235. The number of nitrogens with one attached hydrogen (secondary N) is 2. The van der Waals surface area contributed by atoms with Crippen LogP contribution in [0.5, 0.6) is 11.5 Å². The van der Waals surface area contributed by atoms with Crippen LogP contribution in [0.15, 0.2) is 42.5 Å². The number of rotatable bonds is 6. The summed E-state index contributed by atoms with van der Waals surface area (Å²) in [6.07, 6.45) is 0. The van der Waals surface area contributed by atoms with Crippen molar-refractivity contribution in [2.75, 3.05) is 18.7 Å². The third-order valence-electron chi connectivity index (χ3n) is 3.58. The highest BCUT2D eigenvalue weighted by Crippen LogP contribution is 2.32. The van der Waals surface area contributed by atoms with Crippen LogP contribution in [-0.4, -0.2) is 27.7 Å². The summed E-state index contributed by atoms with van der Waals surface area (Å²) in [6.45, 7) is 1.74. The fourth-order valence-corrected chi connectivity index (χ4v) is 3.39. The van der Waals surface area contributed by atoms with E-state index >= 15 is 0 Å². The van der Waals surface area contributed by atoms with Crippen LogP contribution in [0.4, 0.5) is 5.69 Å². The smallest absolute Gasteiger partial charge is 0.239 e. The average molecular weight is 362 g/mol. The Morgan fingerprint density at radius 2 is 1.80 bits per heavy atom. The Morgan fingerprint density at radius 3 is 2.56 bits per heavy atom. The minimum atomic E-state index is -3.65. The highest BCUT2D eigenvalue weighted by Gasteiger charge is 2.18. The Balaban J connectivity index is 1.54. The van der Waals surface area contributed by atoms with E-state index in [0.29, 0.717) is 22.7 Å². The molecule has 7 nitrogen and oxygen atoms in total. The molecule has 0 radical (unpaired) electrons. The normalized spacial score (nSPS) is 12.8. The highest BCUT2D eigenvalue weighted by atomic mass is 32.2. The van der Waals surface area contributed by atoms with Crippen molar-refractivity contribution in [1.29, 1.82) is 0 Å². The third kappa shape index (κ3) is 4.71. The Morgan fingerprint density at radius 1 is 1.08 bits per heavy atom. The number of fused-ring (bicyclic) bond motifs is 1. The van der Waals surface area contributed by atoms with Crippen molar-refractivity contribution in [3.63, 3.8) is 0 Å². The van der Waals surface area contributed by atoms with Gasteiger partial charge in [-0.1, -0.05) is 23.8 Å². The molecule has 0 saturated carbocycles. The predicted octanol–water partition coefficient (Wildman–Crippen LogP) is 1.78. The summed E-state index contributed by atoms with van der Waals surface area (Å²) in [4.78, 5) is 11.9. The number of carbonyl (C=O) groups excluding carboxylic acids is 1. The molecule has 0 atom stereocenters. The topological polar surface area (TPSA) is 93.7 Å². The molecule has 2 N–H and O–H groups in total. The third-order valence-corrected chi connectivity index (χ3v) is 4.88. The molecule has 0 bridgehead atoms. The molecule has 0 aromatic heterocycles. The number of amides is 1. The Bertz CT molecular complexity index is 878. The number of sulfonamides is 1. The Kier molecular flexibility index (Phi) is 4.91. The number of aryl methyl sites for hydroxylation is 1. The molecule has 8 heteroatoms. The van der Waals surface area contributed by atoms with Gasteiger partial charge in [-0.15, -0.1) is 0 Å². The van der Waals surface area contributed by atoms with E-state index in [9.17, 15) is 13.2 Å². The van der Waals surface area contributed by atoms with Gasteiger partial charge in [-0.25, -0.2) is 13.1 Å². The monoisotopic (exact) mass is 362 g/mol. The molecular weight excluding hydrogens is 344 g/mol. The van der Waals surface area contributed by atoms with Crippen LogP contribution in [0.3, 0.4) is 0 Å². The lowest BCUT2D eigenvalue weighted by molar-refractivity contribution is -0.115. The summed E-state index contributed by atoms with van der Waals surface area (Å²) in [5.74, 6) is 0.427. The summed E-state index contributed by atoms with van der Waals surface area (Å²) in [5, 5.41) is 2.64. The SMILES string of the molecule is Cc1ccc(NC(=O)CNS(=O)(=O)Cc2ccc3c(c2)OCO3)cc1. The van der Waals surface area contributed by atoms with Crippen LogP contribution in [0.1, 0.15) is 11.1 Å². The molecule has 25 heavy (non-hydrogen) atoms. The summed E-state index contributed by atoms with van der Waals surface area (Å²) < 4.78 is 37.0. The molecule has 3 rings (SSSR count). The van der Waals surface area contributed by atoms with Gasteiger partial charge >= 0.3 is 0 Å². The van der Waals surface area contributed by atoms with Crippen molar-refractivity contribution in [2.45, 2.75) is 12.7 Å². The number of hydrogen-bond acceptors (Lipinski definition) is 5. The highest BCUT2D eigenvalue weighted by molar-refractivity contribution is 7.88. The van der Waals surface area contributed by atoms with Crippen molar-refractivity contribution in [1.82, 2.24) is 4.72 Å². The molecule has 1 heterocycles. The van der Waals surface area contributed by atoms with Gasteiger partial charge in [0.15, 0.2) is 11.5 Å². The second kappa shape index (κ2) is 7.12. The lowest BCUT2D eigenvalue weighted by Gasteiger charge is -2.08. The van der Waals surface area contributed by atoms with Crippen molar-refractivity contribution in [2.24, 2.45) is 0 Å².